The summed E-state index contributed by atoms with van der Waals surface area (Å²) in [6.07, 6.45) is 1.67. The average Bonchev–Trinajstić information content (AvgIpc) is 3.26. The lowest BCUT2D eigenvalue weighted by Crippen LogP contribution is -2.14. The maximum absolute atomic E-state index is 12.4. The fraction of sp³-hybridized carbons (Fsp3) is 0.200. The Bertz CT molecular complexity index is 1240. The maximum Gasteiger partial charge on any atom is 0.236 e. The molecule has 0 spiro atoms. The van der Waals surface area contributed by atoms with Crippen molar-refractivity contribution >= 4 is 63.0 Å². The third-order valence-corrected chi connectivity index (χ3v) is 6.60. The van der Waals surface area contributed by atoms with Crippen molar-refractivity contribution in [3.63, 3.8) is 0 Å². The van der Waals surface area contributed by atoms with Gasteiger partial charge in [0.25, 0.3) is 0 Å². The molecule has 4 aromatic rings. The van der Waals surface area contributed by atoms with Crippen LogP contribution in [0.15, 0.2) is 34.9 Å². The van der Waals surface area contributed by atoms with Crippen LogP contribution in [-0.4, -0.2) is 31.2 Å². The number of aryl methyl sites for hydroxylation is 3. The van der Waals surface area contributed by atoms with Crippen molar-refractivity contribution in [1.82, 2.24) is 19.6 Å². The van der Waals surface area contributed by atoms with E-state index in [1.165, 1.54) is 39.8 Å². The van der Waals surface area contributed by atoms with E-state index in [1.54, 1.807) is 16.7 Å². The van der Waals surface area contributed by atoms with Gasteiger partial charge in [-0.2, -0.15) is 0 Å². The first-order chi connectivity index (χ1) is 14.3. The number of halogens is 2. The molecule has 0 unspecified atom stereocenters. The lowest BCUT2D eigenvalue weighted by atomic mass is 9.98. The molecule has 0 saturated carbocycles. The molecule has 1 aromatic carbocycles. The van der Waals surface area contributed by atoms with E-state index in [1.807, 2.05) is 5.38 Å². The molecular formula is C20H17Cl2N5OS2. The smallest absolute Gasteiger partial charge is 0.236 e. The highest BCUT2D eigenvalue weighted by Gasteiger charge is 2.15. The number of hydrogen-bond donors (Lipinski definition) is 1. The van der Waals surface area contributed by atoms with Crippen LogP contribution in [0.4, 0.5) is 5.13 Å². The van der Waals surface area contributed by atoms with Crippen molar-refractivity contribution in [2.24, 2.45) is 0 Å². The van der Waals surface area contributed by atoms with Crippen molar-refractivity contribution < 1.29 is 4.79 Å². The average molecular weight is 478 g/mol. The zero-order chi connectivity index (χ0) is 21.4. The van der Waals surface area contributed by atoms with E-state index in [0.29, 0.717) is 26.0 Å². The Kier molecular flexibility index (Phi) is 6.02. The van der Waals surface area contributed by atoms with Crippen LogP contribution in [0, 0.1) is 20.8 Å². The lowest BCUT2D eigenvalue weighted by molar-refractivity contribution is -0.113. The van der Waals surface area contributed by atoms with Crippen molar-refractivity contribution in [2.75, 3.05) is 11.1 Å². The SMILES string of the molecule is Cc1cc(C)c(-c2csc(NC(=O)CSc3nnc4c(Cl)cc(Cl)cn34)n2)c(C)c1. The number of pyridine rings is 1. The van der Waals surface area contributed by atoms with Gasteiger partial charge in [0.15, 0.2) is 15.9 Å². The molecule has 154 valence electrons. The summed E-state index contributed by atoms with van der Waals surface area (Å²) in [5.41, 5.74) is 6.03. The van der Waals surface area contributed by atoms with Crippen LogP contribution in [0.1, 0.15) is 16.7 Å². The van der Waals surface area contributed by atoms with Gasteiger partial charge in [0.1, 0.15) is 0 Å². The van der Waals surface area contributed by atoms with E-state index in [2.05, 4.69) is 53.4 Å². The molecule has 0 saturated heterocycles. The van der Waals surface area contributed by atoms with Crippen molar-refractivity contribution in [3.8, 4) is 11.3 Å². The number of benzene rings is 1. The van der Waals surface area contributed by atoms with Gasteiger partial charge in [-0.3, -0.25) is 9.20 Å². The number of carbonyl (C=O) groups is 1. The second-order valence-corrected chi connectivity index (χ2v) is 9.48. The highest BCUT2D eigenvalue weighted by atomic mass is 35.5. The first-order valence-corrected chi connectivity index (χ1v) is 11.6. The topological polar surface area (TPSA) is 72.2 Å². The van der Waals surface area contributed by atoms with Gasteiger partial charge in [0.2, 0.25) is 5.91 Å². The minimum Gasteiger partial charge on any atom is -0.301 e. The number of thiazole rings is 1. The van der Waals surface area contributed by atoms with Gasteiger partial charge >= 0.3 is 0 Å². The number of fused-ring (bicyclic) bond motifs is 1. The number of nitrogens with zero attached hydrogens (tertiary/aromatic N) is 4. The molecule has 4 rings (SSSR count). The molecule has 3 aromatic heterocycles. The Balaban J connectivity index is 1.45. The van der Waals surface area contributed by atoms with E-state index < -0.39 is 0 Å². The Morgan fingerprint density at radius 3 is 2.63 bits per heavy atom. The molecule has 0 aliphatic heterocycles. The number of rotatable bonds is 5. The summed E-state index contributed by atoms with van der Waals surface area (Å²) < 4.78 is 1.67. The van der Waals surface area contributed by atoms with E-state index in [0.717, 1.165) is 11.3 Å². The first-order valence-electron chi connectivity index (χ1n) is 8.98. The van der Waals surface area contributed by atoms with Crippen molar-refractivity contribution in [2.45, 2.75) is 25.9 Å². The van der Waals surface area contributed by atoms with Crippen molar-refractivity contribution in [1.29, 1.82) is 0 Å². The molecule has 0 aliphatic rings. The van der Waals surface area contributed by atoms with Gasteiger partial charge < -0.3 is 5.32 Å². The zero-order valence-corrected chi connectivity index (χ0v) is 19.5. The van der Waals surface area contributed by atoms with Crippen LogP contribution in [0.3, 0.4) is 0 Å². The summed E-state index contributed by atoms with van der Waals surface area (Å²) in [6.45, 7) is 6.23. The molecular weight excluding hydrogens is 461 g/mol. The Morgan fingerprint density at radius 2 is 1.90 bits per heavy atom. The minimum atomic E-state index is -0.178. The predicted molar refractivity (Wildman–Crippen MR) is 124 cm³/mol. The number of nitrogens with one attached hydrogen (secondary N) is 1. The second kappa shape index (κ2) is 8.55. The molecule has 0 radical (unpaired) electrons. The fourth-order valence-electron chi connectivity index (χ4n) is 3.32. The minimum absolute atomic E-state index is 0.155. The Morgan fingerprint density at radius 1 is 1.17 bits per heavy atom. The lowest BCUT2D eigenvalue weighted by Gasteiger charge is -2.08. The quantitative estimate of drug-likeness (QED) is 0.366. The molecule has 0 aliphatic carbocycles. The Hall–Kier alpha value is -2.13. The van der Waals surface area contributed by atoms with Crippen LogP contribution < -0.4 is 5.32 Å². The van der Waals surface area contributed by atoms with Gasteiger partial charge in [-0.05, 0) is 38.0 Å². The molecule has 0 fully saturated rings. The molecule has 0 bridgehead atoms. The summed E-state index contributed by atoms with van der Waals surface area (Å²) in [5.74, 6) is -0.0225. The number of aromatic nitrogens is 4. The molecule has 3 heterocycles. The first kappa shape index (κ1) is 21.1. The standard InChI is InChI=1S/C20H17Cl2N5OS2/c1-10-4-11(2)17(12(3)5-10)15-8-29-19(23-15)24-16(28)9-30-20-26-25-18-14(22)6-13(21)7-27(18)20/h4-8H,9H2,1-3H3,(H,23,24,28). The van der Waals surface area contributed by atoms with Gasteiger partial charge in [0, 0.05) is 17.1 Å². The van der Waals surface area contributed by atoms with Gasteiger partial charge in [-0.15, -0.1) is 21.5 Å². The normalized spacial score (nSPS) is 11.2. The van der Waals surface area contributed by atoms with Crippen LogP contribution >= 0.6 is 46.3 Å². The third kappa shape index (κ3) is 4.32. The molecule has 1 N–H and O–H groups in total. The highest BCUT2D eigenvalue weighted by Crippen LogP contribution is 2.31. The monoisotopic (exact) mass is 477 g/mol. The highest BCUT2D eigenvalue weighted by molar-refractivity contribution is 7.99. The molecule has 30 heavy (non-hydrogen) atoms. The second-order valence-electron chi connectivity index (χ2n) is 6.83. The van der Waals surface area contributed by atoms with E-state index in [-0.39, 0.29) is 11.7 Å². The molecule has 10 heteroatoms. The predicted octanol–water partition coefficient (Wildman–Crippen LogP) is 5.82. The molecule has 0 atom stereocenters. The number of anilines is 1. The van der Waals surface area contributed by atoms with Crippen molar-refractivity contribution in [3.05, 3.63) is 56.5 Å². The van der Waals surface area contributed by atoms with Crippen LogP contribution in [-0.2, 0) is 4.79 Å². The van der Waals surface area contributed by atoms with Gasteiger partial charge in [-0.1, -0.05) is 52.7 Å². The summed E-state index contributed by atoms with van der Waals surface area (Å²) >= 11 is 14.8. The molecule has 6 nitrogen and oxygen atoms in total. The van der Waals surface area contributed by atoms with Crippen LogP contribution in [0.5, 0.6) is 0 Å². The van der Waals surface area contributed by atoms with E-state index in [9.17, 15) is 4.79 Å². The number of hydrogen-bond acceptors (Lipinski definition) is 6. The van der Waals surface area contributed by atoms with E-state index >= 15 is 0 Å². The molecule has 1 amide bonds. The summed E-state index contributed by atoms with van der Waals surface area (Å²) in [7, 11) is 0. The maximum atomic E-state index is 12.4. The van der Waals surface area contributed by atoms with Gasteiger partial charge in [-0.25, -0.2) is 4.98 Å². The zero-order valence-electron chi connectivity index (χ0n) is 16.4. The van der Waals surface area contributed by atoms with Crippen LogP contribution in [0.2, 0.25) is 10.0 Å². The number of thioether (sulfide) groups is 1. The van der Waals surface area contributed by atoms with Gasteiger partial charge in [0.05, 0.1) is 21.5 Å². The largest absolute Gasteiger partial charge is 0.301 e. The fourth-order valence-corrected chi connectivity index (χ4v) is 5.25. The number of carbonyl (C=O) groups excluding carboxylic acids is 1. The van der Waals surface area contributed by atoms with Crippen LogP contribution in [0.25, 0.3) is 16.9 Å². The summed E-state index contributed by atoms with van der Waals surface area (Å²) in [6, 6.07) is 5.88. The number of amides is 1. The summed E-state index contributed by atoms with van der Waals surface area (Å²) in [4.78, 5) is 17.0. The Labute approximate surface area is 191 Å². The third-order valence-electron chi connectivity index (χ3n) is 4.41. The summed E-state index contributed by atoms with van der Waals surface area (Å²) in [5, 5.41) is 14.9. The van der Waals surface area contributed by atoms with E-state index in [4.69, 9.17) is 23.2 Å².